The Morgan fingerprint density at radius 2 is 1.64 bits per heavy atom. The van der Waals surface area contributed by atoms with E-state index in [0.717, 1.165) is 0 Å². The SMILES string of the molecule is C[C@H](Br)[C@@H](Br)c1ccccc1. The zero-order valence-electron chi connectivity index (χ0n) is 6.30. The van der Waals surface area contributed by atoms with Crippen LogP contribution in [0.25, 0.3) is 0 Å². The van der Waals surface area contributed by atoms with Gasteiger partial charge in [0.1, 0.15) is 0 Å². The first kappa shape index (κ1) is 9.27. The predicted molar refractivity (Wildman–Crippen MR) is 56.5 cm³/mol. The highest BCUT2D eigenvalue weighted by molar-refractivity contribution is 9.12. The average molecular weight is 278 g/mol. The molecule has 1 aromatic rings. The number of hydrogen-bond donors (Lipinski definition) is 0. The molecule has 2 heteroatoms. The van der Waals surface area contributed by atoms with Crippen LogP contribution in [0.3, 0.4) is 0 Å². The van der Waals surface area contributed by atoms with Gasteiger partial charge in [-0.05, 0) is 5.56 Å². The van der Waals surface area contributed by atoms with Crippen molar-refractivity contribution >= 4 is 31.9 Å². The van der Waals surface area contributed by atoms with Crippen molar-refractivity contribution in [3.05, 3.63) is 35.9 Å². The third kappa shape index (κ3) is 2.60. The molecule has 0 saturated carbocycles. The zero-order chi connectivity index (χ0) is 8.27. The summed E-state index contributed by atoms with van der Waals surface area (Å²) < 4.78 is 0. The van der Waals surface area contributed by atoms with E-state index in [4.69, 9.17) is 0 Å². The van der Waals surface area contributed by atoms with Crippen LogP contribution in [-0.2, 0) is 0 Å². The van der Waals surface area contributed by atoms with E-state index >= 15 is 0 Å². The molecule has 2 atom stereocenters. The van der Waals surface area contributed by atoms with Crippen molar-refractivity contribution in [2.24, 2.45) is 0 Å². The van der Waals surface area contributed by atoms with Gasteiger partial charge in [0, 0.05) is 4.83 Å². The Morgan fingerprint density at radius 1 is 1.09 bits per heavy atom. The molecule has 0 unspecified atom stereocenters. The van der Waals surface area contributed by atoms with Gasteiger partial charge < -0.3 is 0 Å². The van der Waals surface area contributed by atoms with Crippen molar-refractivity contribution in [1.82, 2.24) is 0 Å². The molecule has 0 aromatic heterocycles. The van der Waals surface area contributed by atoms with Crippen LogP contribution in [0.4, 0.5) is 0 Å². The molecule has 1 aromatic carbocycles. The zero-order valence-corrected chi connectivity index (χ0v) is 9.47. The third-order valence-electron chi connectivity index (χ3n) is 1.52. The number of hydrogen-bond acceptors (Lipinski definition) is 0. The second-order valence-electron chi connectivity index (χ2n) is 2.49. The van der Waals surface area contributed by atoms with Gasteiger partial charge in [0.2, 0.25) is 0 Å². The number of halogens is 2. The Bertz CT molecular complexity index is 206. The molecule has 0 fully saturated rings. The molecule has 0 amide bonds. The summed E-state index contributed by atoms with van der Waals surface area (Å²) in [6.07, 6.45) is 0. The monoisotopic (exact) mass is 276 g/mol. The normalized spacial score (nSPS) is 15.9. The van der Waals surface area contributed by atoms with Crippen LogP contribution in [-0.4, -0.2) is 4.83 Å². The van der Waals surface area contributed by atoms with Gasteiger partial charge >= 0.3 is 0 Å². The first-order chi connectivity index (χ1) is 5.22. The molecule has 0 aliphatic rings. The number of alkyl halides is 2. The van der Waals surface area contributed by atoms with Gasteiger partial charge in [-0.2, -0.15) is 0 Å². The van der Waals surface area contributed by atoms with Gasteiger partial charge in [0.15, 0.2) is 0 Å². The molecular formula is C9H10Br2. The highest BCUT2D eigenvalue weighted by Crippen LogP contribution is 2.30. The van der Waals surface area contributed by atoms with E-state index < -0.39 is 0 Å². The predicted octanol–water partition coefficient (Wildman–Crippen LogP) is 3.91. The molecule has 0 aliphatic heterocycles. The lowest BCUT2D eigenvalue weighted by atomic mass is 10.1. The molecule has 0 bridgehead atoms. The highest BCUT2D eigenvalue weighted by atomic mass is 79.9. The summed E-state index contributed by atoms with van der Waals surface area (Å²) in [5.41, 5.74) is 1.32. The Morgan fingerprint density at radius 3 is 2.09 bits per heavy atom. The Balaban J connectivity index is 2.77. The lowest BCUT2D eigenvalue weighted by molar-refractivity contribution is 0.949. The Hall–Kier alpha value is 0.180. The summed E-state index contributed by atoms with van der Waals surface area (Å²) in [5.74, 6) is 0. The minimum absolute atomic E-state index is 0.406. The fourth-order valence-corrected chi connectivity index (χ4v) is 1.51. The number of rotatable bonds is 2. The molecule has 0 aliphatic carbocycles. The van der Waals surface area contributed by atoms with Gasteiger partial charge in [-0.25, -0.2) is 0 Å². The standard InChI is InChI=1S/C9H10Br2/c1-7(10)9(11)8-5-3-2-4-6-8/h2-7,9H,1H3/t7-,9+/m0/s1. The van der Waals surface area contributed by atoms with Crippen molar-refractivity contribution in [2.45, 2.75) is 16.6 Å². The van der Waals surface area contributed by atoms with Crippen molar-refractivity contribution < 1.29 is 0 Å². The lowest BCUT2D eigenvalue weighted by Gasteiger charge is -2.11. The second-order valence-corrected chi connectivity index (χ2v) is 4.92. The molecule has 60 valence electrons. The van der Waals surface area contributed by atoms with Crippen LogP contribution < -0.4 is 0 Å². The van der Waals surface area contributed by atoms with Crippen LogP contribution in [0.5, 0.6) is 0 Å². The molecule has 0 radical (unpaired) electrons. The van der Waals surface area contributed by atoms with Crippen LogP contribution in [0, 0.1) is 0 Å². The third-order valence-corrected chi connectivity index (χ3v) is 4.08. The smallest absolute Gasteiger partial charge is 0.0517 e. The Labute approximate surface area is 84.3 Å². The molecule has 1 rings (SSSR count). The van der Waals surface area contributed by atoms with Crippen molar-refractivity contribution in [1.29, 1.82) is 0 Å². The highest BCUT2D eigenvalue weighted by Gasteiger charge is 2.11. The van der Waals surface area contributed by atoms with E-state index in [1.165, 1.54) is 5.56 Å². The van der Waals surface area contributed by atoms with E-state index in [1.54, 1.807) is 0 Å². The summed E-state index contributed by atoms with van der Waals surface area (Å²) in [4.78, 5) is 0.869. The molecule has 0 saturated heterocycles. The summed E-state index contributed by atoms with van der Waals surface area (Å²) >= 11 is 7.13. The maximum Gasteiger partial charge on any atom is 0.0517 e. The fraction of sp³-hybridized carbons (Fsp3) is 0.333. The minimum Gasteiger partial charge on any atom is -0.0878 e. The van der Waals surface area contributed by atoms with Crippen LogP contribution >= 0.6 is 31.9 Å². The molecular weight excluding hydrogens is 268 g/mol. The van der Waals surface area contributed by atoms with Crippen LogP contribution in [0.15, 0.2) is 30.3 Å². The topological polar surface area (TPSA) is 0 Å². The van der Waals surface area contributed by atoms with Gasteiger partial charge in [-0.3, -0.25) is 0 Å². The molecule has 0 nitrogen and oxygen atoms in total. The average Bonchev–Trinajstić information content (AvgIpc) is 2.05. The maximum atomic E-state index is 3.60. The maximum absolute atomic E-state index is 3.60. The van der Waals surface area contributed by atoms with E-state index in [0.29, 0.717) is 9.65 Å². The quantitative estimate of drug-likeness (QED) is 0.719. The first-order valence-electron chi connectivity index (χ1n) is 3.55. The summed E-state index contributed by atoms with van der Waals surface area (Å²) in [6, 6.07) is 10.4. The Kier molecular flexibility index (Phi) is 3.60. The second kappa shape index (κ2) is 4.27. The summed E-state index contributed by atoms with van der Waals surface area (Å²) in [5, 5.41) is 0. The molecule has 0 heterocycles. The minimum atomic E-state index is 0.406. The van der Waals surface area contributed by atoms with E-state index in [9.17, 15) is 0 Å². The summed E-state index contributed by atoms with van der Waals surface area (Å²) in [7, 11) is 0. The van der Waals surface area contributed by atoms with E-state index in [1.807, 2.05) is 6.07 Å². The van der Waals surface area contributed by atoms with Gasteiger partial charge in [0.25, 0.3) is 0 Å². The van der Waals surface area contributed by atoms with Crippen LogP contribution in [0.2, 0.25) is 0 Å². The van der Waals surface area contributed by atoms with E-state index in [-0.39, 0.29) is 0 Å². The largest absolute Gasteiger partial charge is 0.0878 e. The molecule has 0 N–H and O–H groups in total. The first-order valence-corrected chi connectivity index (χ1v) is 5.38. The lowest BCUT2D eigenvalue weighted by Crippen LogP contribution is -2.00. The molecule has 0 spiro atoms. The van der Waals surface area contributed by atoms with Gasteiger partial charge in [0.05, 0.1) is 4.83 Å². The molecule has 11 heavy (non-hydrogen) atoms. The van der Waals surface area contributed by atoms with Crippen LogP contribution in [0.1, 0.15) is 17.3 Å². The van der Waals surface area contributed by atoms with Crippen molar-refractivity contribution in [3.8, 4) is 0 Å². The summed E-state index contributed by atoms with van der Waals surface area (Å²) in [6.45, 7) is 2.13. The van der Waals surface area contributed by atoms with Gasteiger partial charge in [-0.15, -0.1) is 0 Å². The number of benzene rings is 1. The van der Waals surface area contributed by atoms with Gasteiger partial charge in [-0.1, -0.05) is 69.1 Å². The van der Waals surface area contributed by atoms with E-state index in [2.05, 4.69) is 63.0 Å². The van der Waals surface area contributed by atoms with Crippen molar-refractivity contribution in [2.75, 3.05) is 0 Å². The fourth-order valence-electron chi connectivity index (χ4n) is 0.902. The van der Waals surface area contributed by atoms with Crippen molar-refractivity contribution in [3.63, 3.8) is 0 Å².